The third-order valence-corrected chi connectivity index (χ3v) is 2.78. The molecule has 0 fully saturated rings. The Balaban J connectivity index is 2.91. The van der Waals surface area contributed by atoms with Gasteiger partial charge < -0.3 is 11.1 Å². The van der Waals surface area contributed by atoms with Gasteiger partial charge in [-0.15, -0.1) is 0 Å². The number of carbonyl (C=O) groups excluding carboxylic acids is 1. The van der Waals surface area contributed by atoms with Crippen LogP contribution in [0.1, 0.15) is 19.4 Å². The van der Waals surface area contributed by atoms with Gasteiger partial charge in [0.25, 0.3) is 5.69 Å². The average molecular weight is 251 g/mol. The largest absolute Gasteiger partial charge is 0.329 e. The zero-order valence-electron chi connectivity index (χ0n) is 10.7. The molecular weight excluding hydrogens is 234 g/mol. The van der Waals surface area contributed by atoms with Crippen molar-refractivity contribution >= 4 is 17.3 Å². The molecule has 0 aliphatic rings. The lowest BCUT2D eigenvalue weighted by atomic mass is 9.92. The van der Waals surface area contributed by atoms with Gasteiger partial charge in [0.15, 0.2) is 0 Å². The molecule has 0 unspecified atom stereocenters. The van der Waals surface area contributed by atoms with E-state index in [0.29, 0.717) is 11.3 Å². The number of anilines is 1. The third-order valence-electron chi connectivity index (χ3n) is 2.78. The highest BCUT2D eigenvalue weighted by Crippen LogP contribution is 2.23. The molecule has 0 heterocycles. The maximum absolute atomic E-state index is 11.9. The Morgan fingerprint density at radius 1 is 1.50 bits per heavy atom. The predicted octanol–water partition coefficient (Wildman–Crippen LogP) is 1.83. The maximum Gasteiger partial charge on any atom is 0.272 e. The third kappa shape index (κ3) is 3.04. The summed E-state index contributed by atoms with van der Waals surface area (Å²) in [5.74, 6) is -0.210. The number of nitro benzene ring substituents is 1. The van der Waals surface area contributed by atoms with Crippen LogP contribution in [0.4, 0.5) is 11.4 Å². The highest BCUT2D eigenvalue weighted by atomic mass is 16.6. The van der Waals surface area contributed by atoms with Crippen LogP contribution >= 0.6 is 0 Å². The smallest absolute Gasteiger partial charge is 0.272 e. The molecule has 1 amide bonds. The summed E-state index contributed by atoms with van der Waals surface area (Å²) in [7, 11) is 0. The summed E-state index contributed by atoms with van der Waals surface area (Å²) in [4.78, 5) is 22.1. The SMILES string of the molecule is Cc1cc(NC(=O)C(C)(C)CN)ccc1[N+](=O)[O-]. The lowest BCUT2D eigenvalue weighted by Gasteiger charge is -2.21. The van der Waals surface area contributed by atoms with Gasteiger partial charge in [0.1, 0.15) is 0 Å². The number of benzene rings is 1. The number of rotatable bonds is 4. The van der Waals surface area contributed by atoms with Gasteiger partial charge in [0.05, 0.1) is 10.3 Å². The molecule has 0 bridgehead atoms. The summed E-state index contributed by atoms with van der Waals surface area (Å²) in [6, 6.07) is 4.46. The molecule has 6 nitrogen and oxygen atoms in total. The number of nitrogens with two attached hydrogens (primary N) is 1. The maximum atomic E-state index is 11.9. The summed E-state index contributed by atoms with van der Waals surface area (Å²) in [6.07, 6.45) is 0. The number of hydrogen-bond donors (Lipinski definition) is 2. The van der Waals surface area contributed by atoms with Crippen LogP contribution in [0.25, 0.3) is 0 Å². The quantitative estimate of drug-likeness (QED) is 0.630. The monoisotopic (exact) mass is 251 g/mol. The Hall–Kier alpha value is -1.95. The second kappa shape index (κ2) is 5.14. The first kappa shape index (κ1) is 14.1. The summed E-state index contributed by atoms with van der Waals surface area (Å²) in [5.41, 5.74) is 5.90. The van der Waals surface area contributed by atoms with Crippen LogP contribution in [0.15, 0.2) is 18.2 Å². The van der Waals surface area contributed by atoms with Crippen molar-refractivity contribution in [2.45, 2.75) is 20.8 Å². The van der Waals surface area contributed by atoms with E-state index in [1.165, 1.54) is 12.1 Å². The molecule has 0 atom stereocenters. The fraction of sp³-hybridized carbons (Fsp3) is 0.417. The van der Waals surface area contributed by atoms with Crippen LogP contribution in [0, 0.1) is 22.5 Å². The first-order valence-electron chi connectivity index (χ1n) is 5.54. The van der Waals surface area contributed by atoms with Crippen molar-refractivity contribution < 1.29 is 9.72 Å². The second-order valence-corrected chi connectivity index (χ2v) is 4.80. The van der Waals surface area contributed by atoms with E-state index in [0.717, 1.165) is 0 Å². The van der Waals surface area contributed by atoms with Crippen molar-refractivity contribution in [1.82, 2.24) is 0 Å². The molecule has 0 saturated heterocycles. The molecule has 6 heteroatoms. The summed E-state index contributed by atoms with van der Waals surface area (Å²) in [5, 5.41) is 13.4. The normalized spacial score (nSPS) is 11.1. The van der Waals surface area contributed by atoms with Gasteiger partial charge in [-0.05, 0) is 32.9 Å². The molecule has 1 aromatic rings. The fourth-order valence-electron chi connectivity index (χ4n) is 1.33. The minimum Gasteiger partial charge on any atom is -0.329 e. The van der Waals surface area contributed by atoms with E-state index in [2.05, 4.69) is 5.32 Å². The topological polar surface area (TPSA) is 98.3 Å². The highest BCUT2D eigenvalue weighted by Gasteiger charge is 2.26. The number of nitrogens with zero attached hydrogens (tertiary/aromatic N) is 1. The molecular formula is C12H17N3O3. The zero-order chi connectivity index (χ0) is 13.9. The van der Waals surface area contributed by atoms with E-state index >= 15 is 0 Å². The van der Waals surface area contributed by atoms with Crippen molar-refractivity contribution in [3.63, 3.8) is 0 Å². The standard InChI is InChI=1S/C12H17N3O3/c1-8-6-9(4-5-10(8)15(17)18)14-11(16)12(2,3)7-13/h4-6H,7,13H2,1-3H3,(H,14,16). The molecule has 1 rings (SSSR count). The van der Waals surface area contributed by atoms with E-state index < -0.39 is 10.3 Å². The van der Waals surface area contributed by atoms with Gasteiger partial charge in [-0.2, -0.15) is 0 Å². The van der Waals surface area contributed by atoms with E-state index in [1.807, 2.05) is 0 Å². The van der Waals surface area contributed by atoms with Crippen molar-refractivity contribution in [2.24, 2.45) is 11.1 Å². The first-order valence-corrected chi connectivity index (χ1v) is 5.54. The molecule has 0 aliphatic heterocycles. The van der Waals surface area contributed by atoms with Crippen molar-refractivity contribution in [3.05, 3.63) is 33.9 Å². The molecule has 98 valence electrons. The van der Waals surface area contributed by atoms with Gasteiger partial charge >= 0.3 is 0 Å². The molecule has 3 N–H and O–H groups in total. The summed E-state index contributed by atoms with van der Waals surface area (Å²) in [6.45, 7) is 5.33. The van der Waals surface area contributed by atoms with Crippen LogP contribution in [-0.4, -0.2) is 17.4 Å². The Morgan fingerprint density at radius 3 is 2.56 bits per heavy atom. The van der Waals surface area contributed by atoms with Crippen molar-refractivity contribution in [2.75, 3.05) is 11.9 Å². The van der Waals surface area contributed by atoms with Crippen molar-refractivity contribution in [1.29, 1.82) is 0 Å². The molecule has 0 radical (unpaired) electrons. The first-order chi connectivity index (χ1) is 8.27. The van der Waals surface area contributed by atoms with Crippen molar-refractivity contribution in [3.8, 4) is 0 Å². The van der Waals surface area contributed by atoms with Gasteiger partial charge in [-0.25, -0.2) is 0 Å². The van der Waals surface area contributed by atoms with E-state index in [1.54, 1.807) is 26.8 Å². The molecule has 0 spiro atoms. The summed E-state index contributed by atoms with van der Waals surface area (Å²) < 4.78 is 0. The number of hydrogen-bond acceptors (Lipinski definition) is 4. The Labute approximate surface area is 105 Å². The van der Waals surface area contributed by atoms with E-state index in [4.69, 9.17) is 5.73 Å². The van der Waals surface area contributed by atoms with Crippen LogP contribution in [0.5, 0.6) is 0 Å². The molecule has 0 saturated carbocycles. The van der Waals surface area contributed by atoms with Crippen LogP contribution in [0.2, 0.25) is 0 Å². The molecule has 1 aromatic carbocycles. The number of aryl methyl sites for hydroxylation is 1. The van der Waals surface area contributed by atoms with Gasteiger partial charge in [0.2, 0.25) is 5.91 Å². The van der Waals surface area contributed by atoms with Crippen LogP contribution in [-0.2, 0) is 4.79 Å². The molecule has 18 heavy (non-hydrogen) atoms. The Morgan fingerprint density at radius 2 is 2.11 bits per heavy atom. The lowest BCUT2D eigenvalue weighted by molar-refractivity contribution is -0.385. The lowest BCUT2D eigenvalue weighted by Crippen LogP contribution is -2.37. The number of nitrogens with one attached hydrogen (secondary N) is 1. The highest BCUT2D eigenvalue weighted by molar-refractivity contribution is 5.95. The molecule has 0 aliphatic carbocycles. The minimum absolute atomic E-state index is 0.0334. The number of amides is 1. The van der Waals surface area contributed by atoms with Crippen LogP contribution < -0.4 is 11.1 Å². The van der Waals surface area contributed by atoms with Gasteiger partial charge in [-0.3, -0.25) is 14.9 Å². The minimum atomic E-state index is -0.671. The van der Waals surface area contributed by atoms with E-state index in [9.17, 15) is 14.9 Å². The zero-order valence-corrected chi connectivity index (χ0v) is 10.7. The Kier molecular flexibility index (Phi) is 4.03. The van der Waals surface area contributed by atoms with Gasteiger partial charge in [0, 0.05) is 23.9 Å². The number of nitro groups is 1. The van der Waals surface area contributed by atoms with Gasteiger partial charge in [-0.1, -0.05) is 0 Å². The predicted molar refractivity (Wildman–Crippen MR) is 69.3 cm³/mol. The average Bonchev–Trinajstić information content (AvgIpc) is 2.28. The molecule has 0 aromatic heterocycles. The second-order valence-electron chi connectivity index (χ2n) is 4.80. The fourth-order valence-corrected chi connectivity index (χ4v) is 1.33. The summed E-state index contributed by atoms with van der Waals surface area (Å²) >= 11 is 0. The van der Waals surface area contributed by atoms with E-state index in [-0.39, 0.29) is 18.1 Å². The Bertz CT molecular complexity index is 483. The van der Waals surface area contributed by atoms with Crippen LogP contribution in [0.3, 0.4) is 0 Å². The number of carbonyl (C=O) groups is 1.